The Morgan fingerprint density at radius 1 is 1.19 bits per heavy atom. The molecule has 5 rings (SSSR count). The number of benzene rings is 2. The van der Waals surface area contributed by atoms with Gasteiger partial charge in [-0.2, -0.15) is 0 Å². The van der Waals surface area contributed by atoms with E-state index in [4.69, 9.17) is 4.74 Å². The van der Waals surface area contributed by atoms with Crippen LogP contribution in [0.15, 0.2) is 47.8 Å². The molecule has 0 radical (unpaired) electrons. The molecule has 2 amide bonds. The lowest BCUT2D eigenvalue weighted by atomic mass is 9.87. The van der Waals surface area contributed by atoms with Gasteiger partial charge in [0.15, 0.2) is 0 Å². The topological polar surface area (TPSA) is 71.5 Å². The standard InChI is InChI=1S/C29H33N3O3S/c1-18(2)15-30-28(33)25-17-36-26(31-25)16-35-23-10-9-20-11-12-32(29(34)21-7-8-21)27(24(20)14-23)22-6-4-5-19(3)13-22/h4-6,9-10,13-14,17-18,21,27H,7-8,11-12,15-16H2,1-3H3,(H,30,33)/t27-/m1/s1. The van der Waals surface area contributed by atoms with E-state index in [-0.39, 0.29) is 23.8 Å². The summed E-state index contributed by atoms with van der Waals surface area (Å²) in [7, 11) is 0. The Kier molecular flexibility index (Phi) is 7.10. The van der Waals surface area contributed by atoms with E-state index in [1.807, 2.05) is 6.07 Å². The molecule has 1 fully saturated rings. The highest BCUT2D eigenvalue weighted by Gasteiger charge is 2.39. The molecule has 1 N–H and O–H groups in total. The molecule has 188 valence electrons. The van der Waals surface area contributed by atoms with Gasteiger partial charge in [0.1, 0.15) is 23.1 Å². The van der Waals surface area contributed by atoms with Gasteiger partial charge in [-0.1, -0.05) is 49.7 Å². The number of nitrogens with one attached hydrogen (secondary N) is 1. The highest BCUT2D eigenvalue weighted by Crippen LogP contribution is 2.41. The van der Waals surface area contributed by atoms with Crippen LogP contribution in [0.3, 0.4) is 0 Å². The number of carbonyl (C=O) groups is 2. The molecule has 2 heterocycles. The minimum absolute atomic E-state index is 0.110. The first-order valence-corrected chi connectivity index (χ1v) is 13.6. The van der Waals surface area contributed by atoms with Gasteiger partial charge in [-0.25, -0.2) is 4.98 Å². The summed E-state index contributed by atoms with van der Waals surface area (Å²) in [5.74, 6) is 1.42. The number of nitrogens with zero attached hydrogens (tertiary/aromatic N) is 2. The van der Waals surface area contributed by atoms with Gasteiger partial charge in [-0.05, 0) is 60.9 Å². The van der Waals surface area contributed by atoms with Crippen molar-refractivity contribution in [1.29, 1.82) is 0 Å². The van der Waals surface area contributed by atoms with Gasteiger partial charge < -0.3 is 15.0 Å². The van der Waals surface area contributed by atoms with E-state index in [1.165, 1.54) is 22.5 Å². The summed E-state index contributed by atoms with van der Waals surface area (Å²) in [6.45, 7) is 7.86. The minimum Gasteiger partial charge on any atom is -0.486 e. The van der Waals surface area contributed by atoms with Crippen LogP contribution in [0.25, 0.3) is 0 Å². The first-order valence-electron chi connectivity index (χ1n) is 12.7. The summed E-state index contributed by atoms with van der Waals surface area (Å²) in [5, 5.41) is 5.43. The Morgan fingerprint density at radius 3 is 2.78 bits per heavy atom. The summed E-state index contributed by atoms with van der Waals surface area (Å²) in [5.41, 5.74) is 5.14. The Hall–Kier alpha value is -3.19. The molecule has 1 aromatic heterocycles. The molecule has 0 spiro atoms. The number of ether oxygens (including phenoxy) is 1. The Balaban J connectivity index is 1.35. The average molecular weight is 504 g/mol. The van der Waals surface area contributed by atoms with Crippen molar-refractivity contribution in [3.8, 4) is 5.75 Å². The lowest BCUT2D eigenvalue weighted by molar-refractivity contribution is -0.134. The van der Waals surface area contributed by atoms with Gasteiger partial charge in [-0.15, -0.1) is 11.3 Å². The Labute approximate surface area is 216 Å². The maximum atomic E-state index is 13.2. The molecule has 1 aliphatic heterocycles. The molecule has 6 nitrogen and oxygen atoms in total. The van der Waals surface area contributed by atoms with E-state index in [2.05, 4.69) is 72.4 Å². The normalized spacial score (nSPS) is 17.1. The minimum atomic E-state index is -0.151. The molecule has 0 saturated heterocycles. The molecule has 2 aromatic carbocycles. The second kappa shape index (κ2) is 10.4. The average Bonchev–Trinajstić information content (AvgIpc) is 3.62. The number of hydrogen-bond donors (Lipinski definition) is 1. The number of fused-ring (bicyclic) bond motifs is 1. The summed E-state index contributed by atoms with van der Waals surface area (Å²) >= 11 is 1.42. The first kappa shape index (κ1) is 24.5. The highest BCUT2D eigenvalue weighted by molar-refractivity contribution is 7.09. The quantitative estimate of drug-likeness (QED) is 0.453. The van der Waals surface area contributed by atoms with E-state index in [9.17, 15) is 9.59 Å². The van der Waals surface area contributed by atoms with Crippen LogP contribution < -0.4 is 10.1 Å². The van der Waals surface area contributed by atoms with Crippen LogP contribution in [0.1, 0.15) is 70.5 Å². The van der Waals surface area contributed by atoms with Crippen LogP contribution in [0, 0.1) is 18.8 Å². The molecule has 1 atom stereocenters. The molecule has 1 saturated carbocycles. The number of aromatic nitrogens is 1. The number of aryl methyl sites for hydroxylation is 1. The lowest BCUT2D eigenvalue weighted by Gasteiger charge is -2.38. The summed E-state index contributed by atoms with van der Waals surface area (Å²) in [4.78, 5) is 32.0. The SMILES string of the molecule is Cc1cccc([C@@H]2c3cc(OCc4nc(C(=O)NCC(C)C)cs4)ccc3CCN2C(=O)C2CC2)c1. The third kappa shape index (κ3) is 5.46. The molecule has 3 aromatic rings. The predicted octanol–water partition coefficient (Wildman–Crippen LogP) is 5.30. The van der Waals surface area contributed by atoms with E-state index >= 15 is 0 Å². The number of carbonyl (C=O) groups excluding carboxylic acids is 2. The zero-order chi connectivity index (χ0) is 25.2. The molecular formula is C29H33N3O3S. The van der Waals surface area contributed by atoms with Crippen LogP contribution in [0.4, 0.5) is 0 Å². The fourth-order valence-electron chi connectivity index (χ4n) is 4.70. The van der Waals surface area contributed by atoms with Crippen LogP contribution in [-0.2, 0) is 17.8 Å². The monoisotopic (exact) mass is 503 g/mol. The molecule has 7 heteroatoms. The molecule has 0 unspecified atom stereocenters. The Bertz CT molecular complexity index is 1260. The van der Waals surface area contributed by atoms with Gasteiger partial charge in [-0.3, -0.25) is 9.59 Å². The van der Waals surface area contributed by atoms with Crippen LogP contribution in [0.2, 0.25) is 0 Å². The van der Waals surface area contributed by atoms with Crippen molar-refractivity contribution in [2.75, 3.05) is 13.1 Å². The van der Waals surface area contributed by atoms with E-state index in [1.54, 1.807) is 5.38 Å². The van der Waals surface area contributed by atoms with Gasteiger partial charge in [0.25, 0.3) is 5.91 Å². The van der Waals surface area contributed by atoms with Crippen molar-refractivity contribution >= 4 is 23.2 Å². The second-order valence-corrected chi connectivity index (χ2v) is 11.2. The Morgan fingerprint density at radius 2 is 2.03 bits per heavy atom. The number of rotatable bonds is 8. The third-order valence-electron chi connectivity index (χ3n) is 6.73. The zero-order valence-corrected chi connectivity index (χ0v) is 21.9. The molecule has 2 aliphatic rings. The third-order valence-corrected chi connectivity index (χ3v) is 7.55. The number of hydrogen-bond acceptors (Lipinski definition) is 5. The van der Waals surface area contributed by atoms with Gasteiger partial charge in [0.05, 0.1) is 6.04 Å². The molecule has 0 bridgehead atoms. The van der Waals surface area contributed by atoms with E-state index < -0.39 is 0 Å². The molecule has 36 heavy (non-hydrogen) atoms. The van der Waals surface area contributed by atoms with Gasteiger partial charge in [0.2, 0.25) is 5.91 Å². The zero-order valence-electron chi connectivity index (χ0n) is 21.1. The second-order valence-electron chi connectivity index (χ2n) is 10.3. The first-order chi connectivity index (χ1) is 17.4. The van der Waals surface area contributed by atoms with Crippen LogP contribution in [-0.4, -0.2) is 34.8 Å². The highest BCUT2D eigenvalue weighted by atomic mass is 32.1. The summed E-state index contributed by atoms with van der Waals surface area (Å²) < 4.78 is 6.13. The summed E-state index contributed by atoms with van der Waals surface area (Å²) in [6, 6.07) is 14.5. The van der Waals surface area contributed by atoms with Crippen molar-refractivity contribution < 1.29 is 14.3 Å². The van der Waals surface area contributed by atoms with Crippen molar-refractivity contribution in [3.05, 3.63) is 80.8 Å². The van der Waals surface area contributed by atoms with Crippen molar-refractivity contribution in [2.24, 2.45) is 11.8 Å². The maximum absolute atomic E-state index is 13.2. The van der Waals surface area contributed by atoms with Crippen molar-refractivity contribution in [1.82, 2.24) is 15.2 Å². The largest absolute Gasteiger partial charge is 0.486 e. The lowest BCUT2D eigenvalue weighted by Crippen LogP contribution is -2.41. The molecule has 1 aliphatic carbocycles. The predicted molar refractivity (Wildman–Crippen MR) is 141 cm³/mol. The van der Waals surface area contributed by atoms with E-state index in [0.717, 1.165) is 47.7 Å². The van der Waals surface area contributed by atoms with Gasteiger partial charge >= 0.3 is 0 Å². The van der Waals surface area contributed by atoms with Crippen molar-refractivity contribution in [2.45, 2.75) is 52.7 Å². The van der Waals surface area contributed by atoms with Crippen LogP contribution >= 0.6 is 11.3 Å². The van der Waals surface area contributed by atoms with Crippen LogP contribution in [0.5, 0.6) is 5.75 Å². The fourth-order valence-corrected chi connectivity index (χ4v) is 5.38. The van der Waals surface area contributed by atoms with Crippen molar-refractivity contribution in [3.63, 3.8) is 0 Å². The summed E-state index contributed by atoms with van der Waals surface area (Å²) in [6.07, 6.45) is 2.84. The number of thiazole rings is 1. The molecular weight excluding hydrogens is 470 g/mol. The number of amides is 2. The van der Waals surface area contributed by atoms with Gasteiger partial charge in [0, 0.05) is 24.4 Å². The van der Waals surface area contributed by atoms with E-state index in [0.29, 0.717) is 24.8 Å². The maximum Gasteiger partial charge on any atom is 0.270 e. The smallest absolute Gasteiger partial charge is 0.270 e. The fraction of sp³-hybridized carbons (Fsp3) is 0.414.